The van der Waals surface area contributed by atoms with Crippen LogP contribution >= 0.6 is 0 Å². The third-order valence-corrected chi connectivity index (χ3v) is 3.18. The zero-order valence-electron chi connectivity index (χ0n) is 9.16. The zero-order valence-corrected chi connectivity index (χ0v) is 9.16. The molecule has 5 nitrogen and oxygen atoms in total. The first kappa shape index (κ1) is 10.3. The summed E-state index contributed by atoms with van der Waals surface area (Å²) < 4.78 is 0. The Morgan fingerprint density at radius 2 is 2.13 bits per heavy atom. The van der Waals surface area contributed by atoms with Crippen molar-refractivity contribution in [3.05, 3.63) is 0 Å². The number of aromatic nitrogens is 3. The van der Waals surface area contributed by atoms with Crippen molar-refractivity contribution in [1.29, 1.82) is 0 Å². The Labute approximate surface area is 89.9 Å². The molecule has 1 aliphatic carbocycles. The van der Waals surface area contributed by atoms with Crippen molar-refractivity contribution < 1.29 is 0 Å². The molecule has 5 heteroatoms. The fourth-order valence-electron chi connectivity index (χ4n) is 2.21. The van der Waals surface area contributed by atoms with Crippen LogP contribution in [0.15, 0.2) is 0 Å². The van der Waals surface area contributed by atoms with Crippen LogP contribution in [-0.2, 0) is 0 Å². The second-order valence-corrected chi connectivity index (χ2v) is 4.41. The van der Waals surface area contributed by atoms with Crippen LogP contribution in [0.1, 0.15) is 39.0 Å². The summed E-state index contributed by atoms with van der Waals surface area (Å²) in [5.74, 6) is 1.69. The van der Waals surface area contributed by atoms with E-state index in [1.807, 2.05) is 0 Å². The van der Waals surface area contributed by atoms with Crippen molar-refractivity contribution in [2.45, 2.75) is 45.1 Å². The fraction of sp³-hybridized carbons (Fsp3) is 0.800. The molecule has 1 aliphatic rings. The maximum atomic E-state index is 5.48. The summed E-state index contributed by atoms with van der Waals surface area (Å²) in [5, 5.41) is 10.0. The van der Waals surface area contributed by atoms with E-state index in [4.69, 9.17) is 5.73 Å². The van der Waals surface area contributed by atoms with E-state index in [1.54, 1.807) is 0 Å². The van der Waals surface area contributed by atoms with Crippen molar-refractivity contribution >= 4 is 11.9 Å². The van der Waals surface area contributed by atoms with Gasteiger partial charge in [0.1, 0.15) is 0 Å². The lowest BCUT2D eigenvalue weighted by Gasteiger charge is -2.21. The van der Waals surface area contributed by atoms with Gasteiger partial charge in [0.05, 0.1) is 0 Å². The molecule has 1 heterocycles. The molecule has 2 atom stereocenters. The van der Waals surface area contributed by atoms with Gasteiger partial charge in [-0.15, -0.1) is 5.10 Å². The number of aromatic amines is 1. The molecule has 2 unspecified atom stereocenters. The highest BCUT2D eigenvalue weighted by atomic mass is 15.3. The predicted molar refractivity (Wildman–Crippen MR) is 60.5 cm³/mol. The van der Waals surface area contributed by atoms with E-state index in [2.05, 4.69) is 27.4 Å². The van der Waals surface area contributed by atoms with Gasteiger partial charge in [0.2, 0.25) is 11.9 Å². The molecule has 84 valence electrons. The van der Waals surface area contributed by atoms with E-state index in [-0.39, 0.29) is 0 Å². The number of nitrogen functional groups attached to an aromatic ring is 1. The average molecular weight is 209 g/mol. The summed E-state index contributed by atoms with van der Waals surface area (Å²) in [6.45, 7) is 2.29. The van der Waals surface area contributed by atoms with Gasteiger partial charge in [-0.3, -0.25) is 0 Å². The first-order chi connectivity index (χ1) is 7.25. The van der Waals surface area contributed by atoms with Crippen molar-refractivity contribution in [2.24, 2.45) is 5.92 Å². The molecular weight excluding hydrogens is 190 g/mol. The summed E-state index contributed by atoms with van der Waals surface area (Å²) in [6, 6.07) is 0.489. The molecule has 0 aromatic carbocycles. The van der Waals surface area contributed by atoms with Gasteiger partial charge in [0, 0.05) is 6.04 Å². The monoisotopic (exact) mass is 209 g/mol. The highest BCUT2D eigenvalue weighted by molar-refractivity contribution is 5.31. The zero-order chi connectivity index (χ0) is 10.7. The van der Waals surface area contributed by atoms with Crippen LogP contribution in [0.4, 0.5) is 11.9 Å². The smallest absolute Gasteiger partial charge is 0.243 e. The fourth-order valence-corrected chi connectivity index (χ4v) is 2.21. The molecular formula is C10H19N5. The van der Waals surface area contributed by atoms with Crippen LogP contribution in [0.25, 0.3) is 0 Å². The molecule has 0 aliphatic heterocycles. The van der Waals surface area contributed by atoms with Gasteiger partial charge in [0.15, 0.2) is 0 Å². The van der Waals surface area contributed by atoms with Crippen LogP contribution in [0.2, 0.25) is 0 Å². The van der Waals surface area contributed by atoms with E-state index in [0.717, 1.165) is 0 Å². The lowest BCUT2D eigenvalue weighted by Crippen LogP contribution is -2.26. The second kappa shape index (κ2) is 4.51. The van der Waals surface area contributed by atoms with Crippen molar-refractivity contribution in [1.82, 2.24) is 15.2 Å². The van der Waals surface area contributed by atoms with Crippen molar-refractivity contribution in [3.8, 4) is 0 Å². The second-order valence-electron chi connectivity index (χ2n) is 4.41. The molecule has 1 fully saturated rings. The van der Waals surface area contributed by atoms with Crippen LogP contribution in [0.3, 0.4) is 0 Å². The summed E-state index contributed by atoms with van der Waals surface area (Å²) in [5.41, 5.74) is 5.48. The summed E-state index contributed by atoms with van der Waals surface area (Å²) in [4.78, 5) is 4.07. The van der Waals surface area contributed by atoms with Gasteiger partial charge < -0.3 is 11.1 Å². The number of hydrogen-bond donors (Lipinski definition) is 3. The van der Waals surface area contributed by atoms with Gasteiger partial charge >= 0.3 is 0 Å². The van der Waals surface area contributed by atoms with Crippen LogP contribution < -0.4 is 11.1 Å². The number of nitrogens with zero attached hydrogens (tertiary/aromatic N) is 2. The lowest BCUT2D eigenvalue weighted by molar-refractivity contribution is 0.454. The van der Waals surface area contributed by atoms with E-state index < -0.39 is 0 Å². The molecule has 4 N–H and O–H groups in total. The number of H-pyrrole nitrogens is 1. The maximum absolute atomic E-state index is 5.48. The van der Waals surface area contributed by atoms with E-state index in [0.29, 0.717) is 23.9 Å². The number of nitrogens with two attached hydrogens (primary N) is 1. The molecule has 1 saturated carbocycles. The van der Waals surface area contributed by atoms with Crippen LogP contribution in [0.5, 0.6) is 0 Å². The van der Waals surface area contributed by atoms with Gasteiger partial charge in [0.25, 0.3) is 0 Å². The summed E-state index contributed by atoms with van der Waals surface area (Å²) in [7, 11) is 0. The molecule has 0 saturated heterocycles. The maximum Gasteiger partial charge on any atom is 0.243 e. The Kier molecular flexibility index (Phi) is 3.08. The topological polar surface area (TPSA) is 79.6 Å². The quantitative estimate of drug-likeness (QED) is 0.648. The lowest BCUT2D eigenvalue weighted by atomic mass is 9.97. The molecule has 15 heavy (non-hydrogen) atoms. The number of anilines is 2. The minimum atomic E-state index is 0.374. The molecule has 0 amide bonds. The third kappa shape index (κ3) is 2.61. The largest absolute Gasteiger partial charge is 0.368 e. The summed E-state index contributed by atoms with van der Waals surface area (Å²) in [6.07, 6.45) is 6.48. The van der Waals surface area contributed by atoms with E-state index in [9.17, 15) is 0 Å². The standard InChI is InChI=1S/C10H19N5/c1-7-5-3-2-4-6-8(7)12-10-13-9(11)14-15-10/h7-8H,2-6H2,1H3,(H4,11,12,13,14,15). The predicted octanol–water partition coefficient (Wildman–Crippen LogP) is 1.77. The van der Waals surface area contributed by atoms with Crippen molar-refractivity contribution in [2.75, 3.05) is 11.1 Å². The SMILES string of the molecule is CC1CCCCCC1Nc1n[nH]c(N)n1. The molecule has 0 spiro atoms. The minimum Gasteiger partial charge on any atom is -0.368 e. The van der Waals surface area contributed by atoms with Crippen molar-refractivity contribution in [3.63, 3.8) is 0 Å². The Hall–Kier alpha value is -1.26. The van der Waals surface area contributed by atoms with Crippen LogP contribution in [-0.4, -0.2) is 21.2 Å². The Bertz CT molecular complexity index is 309. The average Bonchev–Trinajstić information content (AvgIpc) is 2.50. The van der Waals surface area contributed by atoms with Gasteiger partial charge in [-0.05, 0) is 18.8 Å². The van der Waals surface area contributed by atoms with Crippen LogP contribution in [0, 0.1) is 5.92 Å². The number of nitrogens with one attached hydrogen (secondary N) is 2. The normalized spacial score (nSPS) is 27.3. The Morgan fingerprint density at radius 1 is 1.33 bits per heavy atom. The van der Waals surface area contributed by atoms with Gasteiger partial charge in [-0.2, -0.15) is 4.98 Å². The molecule has 1 aromatic rings. The highest BCUT2D eigenvalue weighted by Crippen LogP contribution is 2.24. The number of rotatable bonds is 2. The molecule has 0 bridgehead atoms. The Morgan fingerprint density at radius 3 is 2.87 bits per heavy atom. The van der Waals surface area contributed by atoms with E-state index >= 15 is 0 Å². The minimum absolute atomic E-state index is 0.374. The molecule has 0 radical (unpaired) electrons. The highest BCUT2D eigenvalue weighted by Gasteiger charge is 2.20. The number of hydrogen-bond acceptors (Lipinski definition) is 4. The molecule has 2 rings (SSSR count). The van der Waals surface area contributed by atoms with Gasteiger partial charge in [-0.25, -0.2) is 5.10 Å². The summed E-state index contributed by atoms with van der Waals surface area (Å²) >= 11 is 0. The first-order valence-corrected chi connectivity index (χ1v) is 5.70. The van der Waals surface area contributed by atoms with E-state index in [1.165, 1.54) is 32.1 Å². The third-order valence-electron chi connectivity index (χ3n) is 3.18. The van der Waals surface area contributed by atoms with Gasteiger partial charge in [-0.1, -0.05) is 26.2 Å². The first-order valence-electron chi connectivity index (χ1n) is 5.70. The molecule has 1 aromatic heterocycles. The Balaban J connectivity index is 1.97.